The molecule has 18 heavy (non-hydrogen) atoms. The second-order valence-corrected chi connectivity index (χ2v) is 6.53. The Morgan fingerprint density at radius 2 is 1.94 bits per heavy atom. The van der Waals surface area contributed by atoms with Gasteiger partial charge in [0, 0.05) is 26.2 Å². The maximum Gasteiger partial charge on any atom is 0.151 e. The Kier molecular flexibility index (Phi) is 6.32. The van der Waals surface area contributed by atoms with Gasteiger partial charge >= 0.3 is 0 Å². The van der Waals surface area contributed by atoms with Crippen LogP contribution in [0.15, 0.2) is 30.3 Å². The molecule has 0 spiro atoms. The molecule has 0 saturated heterocycles. The van der Waals surface area contributed by atoms with Crippen LogP contribution < -0.4 is 5.73 Å². The topological polar surface area (TPSA) is 69.4 Å². The summed E-state index contributed by atoms with van der Waals surface area (Å²) in [5, 5.41) is 0. The Morgan fingerprint density at radius 3 is 2.50 bits per heavy atom. The van der Waals surface area contributed by atoms with Gasteiger partial charge in [0.1, 0.15) is 0 Å². The van der Waals surface area contributed by atoms with Crippen molar-refractivity contribution in [2.75, 3.05) is 31.8 Å². The fraction of sp³-hybridized carbons (Fsp3) is 0.538. The Morgan fingerprint density at radius 1 is 1.28 bits per heavy atom. The third-order valence-corrected chi connectivity index (χ3v) is 4.64. The molecule has 102 valence electrons. The van der Waals surface area contributed by atoms with Crippen LogP contribution in [-0.2, 0) is 14.6 Å². The molecule has 1 aromatic carbocycles. The molecule has 0 fully saturated rings. The number of benzene rings is 1. The summed E-state index contributed by atoms with van der Waals surface area (Å²) in [6.07, 6.45) is 0.533. The number of nitrogens with two attached hydrogens (primary N) is 1. The quantitative estimate of drug-likeness (QED) is 0.721. The number of ether oxygens (including phenoxy) is 1. The highest BCUT2D eigenvalue weighted by Gasteiger charge is 2.19. The number of methoxy groups -OCH3 is 1. The van der Waals surface area contributed by atoms with Gasteiger partial charge < -0.3 is 10.5 Å². The number of hydrogen-bond acceptors (Lipinski definition) is 4. The minimum Gasteiger partial charge on any atom is -0.385 e. The van der Waals surface area contributed by atoms with E-state index in [2.05, 4.69) is 0 Å². The van der Waals surface area contributed by atoms with E-state index >= 15 is 0 Å². The second kappa shape index (κ2) is 7.51. The van der Waals surface area contributed by atoms with E-state index < -0.39 is 9.84 Å². The van der Waals surface area contributed by atoms with Crippen LogP contribution >= 0.6 is 0 Å². The van der Waals surface area contributed by atoms with Crippen molar-refractivity contribution in [3.8, 4) is 0 Å². The summed E-state index contributed by atoms with van der Waals surface area (Å²) in [4.78, 5) is 0. The molecule has 1 rings (SSSR count). The Bertz CT molecular complexity index is 431. The molecule has 0 aliphatic rings. The van der Waals surface area contributed by atoms with Crippen molar-refractivity contribution in [3.63, 3.8) is 0 Å². The lowest BCUT2D eigenvalue weighted by Gasteiger charge is -2.15. The van der Waals surface area contributed by atoms with Crippen LogP contribution in [0.1, 0.15) is 17.9 Å². The molecule has 0 amide bonds. The first-order valence-corrected chi connectivity index (χ1v) is 7.85. The van der Waals surface area contributed by atoms with Crippen molar-refractivity contribution in [2.45, 2.75) is 12.3 Å². The van der Waals surface area contributed by atoms with E-state index in [1.807, 2.05) is 30.3 Å². The van der Waals surface area contributed by atoms with Crippen LogP contribution in [0.25, 0.3) is 0 Å². The van der Waals surface area contributed by atoms with Crippen LogP contribution in [0.3, 0.4) is 0 Å². The average Bonchev–Trinajstić information content (AvgIpc) is 2.37. The highest BCUT2D eigenvalue weighted by molar-refractivity contribution is 7.91. The van der Waals surface area contributed by atoms with Gasteiger partial charge in [-0.2, -0.15) is 0 Å². The molecular weight excluding hydrogens is 250 g/mol. The van der Waals surface area contributed by atoms with Crippen LogP contribution in [0, 0.1) is 0 Å². The lowest BCUT2D eigenvalue weighted by atomic mass is 10.0. The first-order chi connectivity index (χ1) is 8.59. The summed E-state index contributed by atoms with van der Waals surface area (Å²) < 4.78 is 28.7. The molecule has 2 N–H and O–H groups in total. The van der Waals surface area contributed by atoms with E-state index in [0.717, 1.165) is 5.56 Å². The summed E-state index contributed by atoms with van der Waals surface area (Å²) >= 11 is 0. The SMILES string of the molecule is COCCCS(=O)(=O)CC(CN)c1ccccc1. The van der Waals surface area contributed by atoms with E-state index in [1.54, 1.807) is 7.11 Å². The molecule has 1 unspecified atom stereocenters. The van der Waals surface area contributed by atoms with Gasteiger partial charge in [-0.05, 0) is 12.0 Å². The van der Waals surface area contributed by atoms with Gasteiger partial charge in [0.05, 0.1) is 11.5 Å². The predicted octanol–water partition coefficient (Wildman–Crippen LogP) is 1.18. The molecular formula is C13H21NO3S. The van der Waals surface area contributed by atoms with Gasteiger partial charge in [-0.15, -0.1) is 0 Å². The minimum atomic E-state index is -3.07. The molecule has 0 aliphatic heterocycles. The lowest BCUT2D eigenvalue weighted by Crippen LogP contribution is -2.24. The molecule has 0 saturated carbocycles. The summed E-state index contributed by atoms with van der Waals surface area (Å²) in [6.45, 7) is 0.811. The Labute approximate surface area is 109 Å². The predicted molar refractivity (Wildman–Crippen MR) is 73.4 cm³/mol. The average molecular weight is 271 g/mol. The Balaban J connectivity index is 2.63. The minimum absolute atomic E-state index is 0.108. The normalized spacial score (nSPS) is 13.4. The van der Waals surface area contributed by atoms with Gasteiger partial charge in [-0.1, -0.05) is 30.3 Å². The van der Waals surface area contributed by atoms with Crippen LogP contribution in [0.4, 0.5) is 0 Å². The maximum absolute atomic E-state index is 11.9. The van der Waals surface area contributed by atoms with E-state index in [0.29, 0.717) is 19.6 Å². The second-order valence-electron chi connectivity index (χ2n) is 4.30. The molecule has 0 radical (unpaired) electrons. The highest BCUT2D eigenvalue weighted by atomic mass is 32.2. The summed E-state index contributed by atoms with van der Waals surface area (Å²) in [7, 11) is -1.50. The van der Waals surface area contributed by atoms with E-state index in [1.165, 1.54) is 0 Å². The fourth-order valence-electron chi connectivity index (χ4n) is 1.84. The van der Waals surface area contributed by atoms with E-state index in [4.69, 9.17) is 10.5 Å². The number of hydrogen-bond donors (Lipinski definition) is 1. The molecule has 1 aromatic rings. The van der Waals surface area contributed by atoms with Crippen molar-refractivity contribution in [2.24, 2.45) is 5.73 Å². The third kappa shape index (κ3) is 5.16. The van der Waals surface area contributed by atoms with Crippen molar-refractivity contribution in [1.29, 1.82) is 0 Å². The zero-order chi connectivity index (χ0) is 13.4. The zero-order valence-corrected chi connectivity index (χ0v) is 11.5. The fourth-order valence-corrected chi connectivity index (χ4v) is 3.50. The molecule has 5 heteroatoms. The van der Waals surface area contributed by atoms with Crippen LogP contribution in [0.5, 0.6) is 0 Å². The third-order valence-electron chi connectivity index (χ3n) is 2.81. The smallest absolute Gasteiger partial charge is 0.151 e. The largest absolute Gasteiger partial charge is 0.385 e. The van der Waals surface area contributed by atoms with Crippen LogP contribution in [0.2, 0.25) is 0 Å². The maximum atomic E-state index is 11.9. The van der Waals surface area contributed by atoms with Gasteiger partial charge in [-0.25, -0.2) is 8.42 Å². The van der Waals surface area contributed by atoms with Crippen LogP contribution in [-0.4, -0.2) is 40.2 Å². The summed E-state index contributed by atoms with van der Waals surface area (Å²) in [6, 6.07) is 9.54. The van der Waals surface area contributed by atoms with Crippen molar-refractivity contribution >= 4 is 9.84 Å². The summed E-state index contributed by atoms with van der Waals surface area (Å²) in [5.74, 6) is 0.139. The highest BCUT2D eigenvalue weighted by Crippen LogP contribution is 2.17. The standard InChI is InChI=1S/C13H21NO3S/c1-17-8-5-9-18(15,16)11-13(10-14)12-6-3-2-4-7-12/h2-4,6-7,13H,5,8-11,14H2,1H3. The van der Waals surface area contributed by atoms with Gasteiger partial charge in [0.2, 0.25) is 0 Å². The van der Waals surface area contributed by atoms with Crippen molar-refractivity contribution in [1.82, 2.24) is 0 Å². The van der Waals surface area contributed by atoms with E-state index in [-0.39, 0.29) is 17.4 Å². The zero-order valence-electron chi connectivity index (χ0n) is 10.7. The van der Waals surface area contributed by atoms with Gasteiger partial charge in [-0.3, -0.25) is 0 Å². The van der Waals surface area contributed by atoms with E-state index in [9.17, 15) is 8.42 Å². The van der Waals surface area contributed by atoms with Gasteiger partial charge in [0.15, 0.2) is 9.84 Å². The lowest BCUT2D eigenvalue weighted by molar-refractivity contribution is 0.199. The van der Waals surface area contributed by atoms with Crippen molar-refractivity contribution < 1.29 is 13.2 Å². The Hall–Kier alpha value is -0.910. The number of sulfone groups is 1. The molecule has 0 bridgehead atoms. The summed E-state index contributed by atoms with van der Waals surface area (Å²) in [5.41, 5.74) is 6.66. The first-order valence-electron chi connectivity index (χ1n) is 6.03. The molecule has 1 atom stereocenters. The number of rotatable bonds is 8. The van der Waals surface area contributed by atoms with Gasteiger partial charge in [0.25, 0.3) is 0 Å². The monoisotopic (exact) mass is 271 g/mol. The van der Waals surface area contributed by atoms with Crippen molar-refractivity contribution in [3.05, 3.63) is 35.9 Å². The molecule has 0 aromatic heterocycles. The molecule has 0 heterocycles. The molecule has 4 nitrogen and oxygen atoms in total. The first kappa shape index (κ1) is 15.1. The molecule has 0 aliphatic carbocycles.